The number of hydrogen-bond acceptors (Lipinski definition) is 5. The lowest BCUT2D eigenvalue weighted by molar-refractivity contribution is -0.384. The van der Waals surface area contributed by atoms with E-state index < -0.39 is 11.0 Å². The van der Waals surface area contributed by atoms with Crippen molar-refractivity contribution in [1.29, 1.82) is 0 Å². The van der Waals surface area contributed by atoms with Gasteiger partial charge in [0.05, 0.1) is 4.92 Å². The minimum Gasteiger partial charge on any atom is -0.385 e. The number of urea groups is 1. The smallest absolute Gasteiger partial charge is 0.312 e. The summed E-state index contributed by atoms with van der Waals surface area (Å²) in [5.74, 6) is 0. The van der Waals surface area contributed by atoms with Gasteiger partial charge in [-0.1, -0.05) is 6.92 Å². The number of carbonyl (C=O) groups is 1. The molecule has 0 saturated carbocycles. The summed E-state index contributed by atoms with van der Waals surface area (Å²) in [6.07, 6.45) is 0.925. The van der Waals surface area contributed by atoms with E-state index in [2.05, 4.69) is 16.0 Å². The highest BCUT2D eigenvalue weighted by Gasteiger charge is 2.09. The molecule has 0 bridgehead atoms. The Bertz CT molecular complexity index is 478. The van der Waals surface area contributed by atoms with Crippen LogP contribution in [0.25, 0.3) is 0 Å². The van der Waals surface area contributed by atoms with E-state index in [-0.39, 0.29) is 5.69 Å². The van der Waals surface area contributed by atoms with Crippen LogP contribution in [0.2, 0.25) is 0 Å². The molecule has 0 unspecified atom stereocenters. The zero-order chi connectivity index (χ0) is 15.0. The highest BCUT2D eigenvalue weighted by atomic mass is 16.6. The number of nitro benzene ring substituents is 1. The summed E-state index contributed by atoms with van der Waals surface area (Å²) in [5, 5.41) is 19.4. The lowest BCUT2D eigenvalue weighted by Crippen LogP contribution is -2.33. The molecule has 0 aromatic heterocycles. The van der Waals surface area contributed by atoms with E-state index in [4.69, 9.17) is 5.73 Å². The molecule has 1 rings (SSSR count). The molecular formula is C12H19N5O3. The van der Waals surface area contributed by atoms with Gasteiger partial charge < -0.3 is 21.7 Å². The number of hydrogen-bond donors (Lipinski definition) is 4. The fraction of sp³-hybridized carbons (Fsp3) is 0.417. The quantitative estimate of drug-likeness (QED) is 0.327. The molecule has 1 aromatic carbocycles. The Morgan fingerprint density at radius 2 is 1.80 bits per heavy atom. The van der Waals surface area contributed by atoms with Crippen molar-refractivity contribution in [3.05, 3.63) is 28.3 Å². The van der Waals surface area contributed by atoms with Gasteiger partial charge in [0.15, 0.2) is 0 Å². The van der Waals surface area contributed by atoms with E-state index in [1.54, 1.807) is 6.07 Å². The summed E-state index contributed by atoms with van der Waals surface area (Å²) in [5.41, 5.74) is 6.25. The zero-order valence-corrected chi connectivity index (χ0v) is 11.3. The van der Waals surface area contributed by atoms with Crippen LogP contribution in [0, 0.1) is 10.1 Å². The normalized spacial score (nSPS) is 9.85. The minimum absolute atomic E-state index is 0.0106. The number of non-ortho nitro benzene ring substituents is 1. The van der Waals surface area contributed by atoms with Gasteiger partial charge in [0.1, 0.15) is 0 Å². The maximum atomic E-state index is 10.9. The Morgan fingerprint density at radius 1 is 1.20 bits per heavy atom. The fourth-order valence-electron chi connectivity index (χ4n) is 1.58. The van der Waals surface area contributed by atoms with Gasteiger partial charge in [-0.2, -0.15) is 0 Å². The summed E-state index contributed by atoms with van der Waals surface area (Å²) in [7, 11) is 0. The third-order valence-electron chi connectivity index (χ3n) is 2.46. The Morgan fingerprint density at radius 3 is 2.30 bits per heavy atom. The molecule has 0 aliphatic rings. The first kappa shape index (κ1) is 15.5. The molecule has 0 atom stereocenters. The molecule has 8 nitrogen and oxygen atoms in total. The average molecular weight is 281 g/mol. The molecule has 0 fully saturated rings. The zero-order valence-electron chi connectivity index (χ0n) is 11.3. The van der Waals surface area contributed by atoms with E-state index >= 15 is 0 Å². The van der Waals surface area contributed by atoms with Crippen LogP contribution in [0.3, 0.4) is 0 Å². The van der Waals surface area contributed by atoms with Gasteiger partial charge in [-0.25, -0.2) is 4.79 Å². The third kappa shape index (κ3) is 5.42. The molecular weight excluding hydrogens is 262 g/mol. The minimum atomic E-state index is -0.601. The molecule has 2 amide bonds. The molecule has 0 heterocycles. The Kier molecular flexibility index (Phi) is 6.08. The number of benzene rings is 1. The standard InChI is InChI=1S/C12H19N5O3/c1-2-3-14-9-6-10(8-11(7-9)17(19)20)15-4-5-16-12(13)18/h6-8,14-15H,2-5H2,1H3,(H3,13,16,18). The second kappa shape index (κ2) is 7.82. The van der Waals surface area contributed by atoms with Gasteiger partial charge in [-0.05, 0) is 12.5 Å². The molecule has 5 N–H and O–H groups in total. The van der Waals surface area contributed by atoms with Crippen LogP contribution in [0.15, 0.2) is 18.2 Å². The molecule has 1 aromatic rings. The molecule has 20 heavy (non-hydrogen) atoms. The average Bonchev–Trinajstić information content (AvgIpc) is 2.41. The highest BCUT2D eigenvalue weighted by molar-refractivity contribution is 5.71. The fourth-order valence-corrected chi connectivity index (χ4v) is 1.58. The first-order valence-electron chi connectivity index (χ1n) is 6.33. The van der Waals surface area contributed by atoms with Crippen LogP contribution in [0.1, 0.15) is 13.3 Å². The highest BCUT2D eigenvalue weighted by Crippen LogP contribution is 2.24. The van der Waals surface area contributed by atoms with Gasteiger partial charge in [-0.3, -0.25) is 10.1 Å². The number of rotatable bonds is 8. The van der Waals surface area contributed by atoms with Gasteiger partial charge in [0.2, 0.25) is 0 Å². The summed E-state index contributed by atoms with van der Waals surface area (Å²) in [6, 6.07) is 4.12. The van der Waals surface area contributed by atoms with Gasteiger partial charge in [0, 0.05) is 43.1 Å². The van der Waals surface area contributed by atoms with Crippen LogP contribution in [0.5, 0.6) is 0 Å². The van der Waals surface area contributed by atoms with Crippen LogP contribution >= 0.6 is 0 Å². The van der Waals surface area contributed by atoms with Crippen molar-refractivity contribution in [2.75, 3.05) is 30.3 Å². The van der Waals surface area contributed by atoms with E-state index in [0.717, 1.165) is 13.0 Å². The molecule has 0 spiro atoms. The van der Waals surface area contributed by atoms with E-state index in [9.17, 15) is 14.9 Å². The number of nitrogens with zero attached hydrogens (tertiary/aromatic N) is 1. The van der Waals surface area contributed by atoms with Gasteiger partial charge in [0.25, 0.3) is 5.69 Å². The number of primary amides is 1. The number of amides is 2. The number of carbonyl (C=O) groups excluding carboxylic acids is 1. The van der Waals surface area contributed by atoms with Crippen molar-refractivity contribution in [3.8, 4) is 0 Å². The van der Waals surface area contributed by atoms with Crippen LogP contribution < -0.4 is 21.7 Å². The summed E-state index contributed by atoms with van der Waals surface area (Å²) in [6.45, 7) is 3.52. The first-order chi connectivity index (χ1) is 9.52. The lowest BCUT2D eigenvalue weighted by Gasteiger charge is -2.10. The van der Waals surface area contributed by atoms with Gasteiger partial charge in [-0.15, -0.1) is 0 Å². The van der Waals surface area contributed by atoms with Crippen LogP contribution in [-0.2, 0) is 0 Å². The largest absolute Gasteiger partial charge is 0.385 e. The van der Waals surface area contributed by atoms with Crippen LogP contribution in [-0.4, -0.2) is 30.6 Å². The molecule has 0 aliphatic heterocycles. The van der Waals surface area contributed by atoms with Crippen molar-refractivity contribution < 1.29 is 9.72 Å². The van der Waals surface area contributed by atoms with E-state index in [1.165, 1.54) is 12.1 Å². The van der Waals surface area contributed by atoms with Crippen molar-refractivity contribution in [3.63, 3.8) is 0 Å². The topological polar surface area (TPSA) is 122 Å². The van der Waals surface area contributed by atoms with Gasteiger partial charge >= 0.3 is 6.03 Å². The van der Waals surface area contributed by atoms with Crippen molar-refractivity contribution in [1.82, 2.24) is 5.32 Å². The predicted molar refractivity (Wildman–Crippen MR) is 78.0 cm³/mol. The SMILES string of the molecule is CCCNc1cc(NCCNC(N)=O)cc([N+](=O)[O-])c1. The van der Waals surface area contributed by atoms with Crippen molar-refractivity contribution >= 4 is 23.1 Å². The Labute approximate surface area is 116 Å². The third-order valence-corrected chi connectivity index (χ3v) is 2.46. The molecule has 0 aliphatic carbocycles. The Hall–Kier alpha value is -2.51. The second-order valence-corrected chi connectivity index (χ2v) is 4.17. The van der Waals surface area contributed by atoms with E-state index in [1.807, 2.05) is 6.92 Å². The van der Waals surface area contributed by atoms with Crippen molar-refractivity contribution in [2.45, 2.75) is 13.3 Å². The summed E-state index contributed by atoms with van der Waals surface area (Å²) < 4.78 is 0. The lowest BCUT2D eigenvalue weighted by atomic mass is 10.2. The number of nitro groups is 1. The Balaban J connectivity index is 2.70. The number of nitrogens with two attached hydrogens (primary N) is 1. The van der Waals surface area contributed by atoms with E-state index in [0.29, 0.717) is 24.5 Å². The number of anilines is 2. The summed E-state index contributed by atoms with van der Waals surface area (Å²) in [4.78, 5) is 20.9. The molecule has 0 saturated heterocycles. The molecule has 0 radical (unpaired) electrons. The monoisotopic (exact) mass is 281 g/mol. The predicted octanol–water partition coefficient (Wildman–Crippen LogP) is 1.50. The second-order valence-electron chi connectivity index (χ2n) is 4.17. The number of nitrogens with one attached hydrogen (secondary N) is 3. The first-order valence-corrected chi connectivity index (χ1v) is 6.33. The maximum Gasteiger partial charge on any atom is 0.312 e. The van der Waals surface area contributed by atoms with Crippen molar-refractivity contribution in [2.24, 2.45) is 5.73 Å². The maximum absolute atomic E-state index is 10.9. The molecule has 110 valence electrons. The van der Waals surface area contributed by atoms with Crippen LogP contribution in [0.4, 0.5) is 21.9 Å². The molecule has 8 heteroatoms. The summed E-state index contributed by atoms with van der Waals surface area (Å²) >= 11 is 0.